The monoisotopic (exact) mass is 728 g/mol. The van der Waals surface area contributed by atoms with E-state index in [0.29, 0.717) is 24.4 Å². The van der Waals surface area contributed by atoms with Gasteiger partial charge in [0.2, 0.25) is 0 Å². The first-order valence-electron chi connectivity index (χ1n) is 17.1. The number of pyridine rings is 1. The number of aryl methyl sites for hydroxylation is 2. The summed E-state index contributed by atoms with van der Waals surface area (Å²) in [5.74, 6) is 1.44. The minimum Gasteiger partial charge on any atom is -1.00 e. The SMILES string of the molecule is CCCCCCCCCCCCCCCCOc1ccc(CN(Cc2cc[n+](C)cc2)C(=O)c2ccccc2OC)c(C)c1.[I-]. The first-order chi connectivity index (χ1) is 21.5. The van der Waals surface area contributed by atoms with Crippen molar-refractivity contribution < 1.29 is 42.8 Å². The molecule has 0 unspecified atom stereocenters. The second-order valence-electron chi connectivity index (χ2n) is 12.3. The van der Waals surface area contributed by atoms with Gasteiger partial charge in [-0.25, -0.2) is 4.57 Å². The van der Waals surface area contributed by atoms with Crippen LogP contribution in [0.3, 0.4) is 0 Å². The number of halogens is 1. The number of rotatable bonds is 22. The topological polar surface area (TPSA) is 42.7 Å². The van der Waals surface area contributed by atoms with E-state index in [4.69, 9.17) is 9.47 Å². The summed E-state index contributed by atoms with van der Waals surface area (Å²) in [7, 11) is 3.60. The van der Waals surface area contributed by atoms with E-state index < -0.39 is 0 Å². The summed E-state index contributed by atoms with van der Waals surface area (Å²) >= 11 is 0. The lowest BCUT2D eigenvalue weighted by Crippen LogP contribution is -3.00. The molecule has 248 valence electrons. The largest absolute Gasteiger partial charge is 1.00 e. The van der Waals surface area contributed by atoms with E-state index in [9.17, 15) is 4.79 Å². The van der Waals surface area contributed by atoms with Crippen molar-refractivity contribution in [1.29, 1.82) is 0 Å². The van der Waals surface area contributed by atoms with Gasteiger partial charge in [0.05, 0.1) is 19.3 Å². The number of ether oxygens (including phenoxy) is 2. The van der Waals surface area contributed by atoms with Crippen LogP contribution in [0.5, 0.6) is 11.5 Å². The molecule has 6 heteroatoms. The molecule has 2 aromatic carbocycles. The lowest BCUT2D eigenvalue weighted by molar-refractivity contribution is -0.671. The number of para-hydroxylation sites is 1. The van der Waals surface area contributed by atoms with Gasteiger partial charge in [0.25, 0.3) is 5.91 Å². The fourth-order valence-corrected chi connectivity index (χ4v) is 5.68. The van der Waals surface area contributed by atoms with Crippen LogP contribution in [0.1, 0.15) is 124 Å². The molecule has 45 heavy (non-hydrogen) atoms. The number of unbranched alkanes of at least 4 members (excludes halogenated alkanes) is 13. The molecule has 1 aromatic heterocycles. The van der Waals surface area contributed by atoms with Gasteiger partial charge < -0.3 is 38.4 Å². The summed E-state index contributed by atoms with van der Waals surface area (Å²) in [6.07, 6.45) is 23.0. The summed E-state index contributed by atoms with van der Waals surface area (Å²) in [6, 6.07) is 17.8. The number of nitrogens with zero attached hydrogens (tertiary/aromatic N) is 2. The first kappa shape index (κ1) is 38.6. The van der Waals surface area contributed by atoms with E-state index in [2.05, 4.69) is 38.1 Å². The van der Waals surface area contributed by atoms with Gasteiger partial charge in [-0.05, 0) is 54.3 Å². The first-order valence-corrected chi connectivity index (χ1v) is 17.1. The molecule has 5 nitrogen and oxygen atoms in total. The zero-order valence-electron chi connectivity index (χ0n) is 28.4. The summed E-state index contributed by atoms with van der Waals surface area (Å²) < 4.78 is 13.6. The third-order valence-electron chi connectivity index (χ3n) is 8.49. The second kappa shape index (κ2) is 22.8. The molecule has 0 aliphatic heterocycles. The van der Waals surface area contributed by atoms with Gasteiger partial charge >= 0.3 is 0 Å². The fraction of sp³-hybridized carbons (Fsp3) is 0.538. The Hall–Kier alpha value is -2.61. The van der Waals surface area contributed by atoms with Crippen molar-refractivity contribution in [2.75, 3.05) is 13.7 Å². The van der Waals surface area contributed by atoms with Gasteiger partial charge in [-0.3, -0.25) is 4.79 Å². The van der Waals surface area contributed by atoms with Crippen molar-refractivity contribution in [2.24, 2.45) is 7.05 Å². The van der Waals surface area contributed by atoms with Crippen LogP contribution in [0.25, 0.3) is 0 Å². The average molecular weight is 729 g/mol. The second-order valence-corrected chi connectivity index (χ2v) is 12.3. The molecule has 0 radical (unpaired) electrons. The van der Waals surface area contributed by atoms with E-state index >= 15 is 0 Å². The number of amides is 1. The van der Waals surface area contributed by atoms with Crippen LogP contribution in [0.4, 0.5) is 0 Å². The van der Waals surface area contributed by atoms with Gasteiger partial charge in [0.15, 0.2) is 12.4 Å². The lowest BCUT2D eigenvalue weighted by Gasteiger charge is -2.25. The predicted octanol–water partition coefficient (Wildman–Crippen LogP) is 6.53. The molecule has 0 saturated heterocycles. The Morgan fingerprint density at radius 2 is 1.33 bits per heavy atom. The van der Waals surface area contributed by atoms with Gasteiger partial charge in [-0.2, -0.15) is 0 Å². The quantitative estimate of drug-likeness (QED) is 0.0672. The number of carbonyl (C=O) groups is 1. The number of aromatic nitrogens is 1. The summed E-state index contributed by atoms with van der Waals surface area (Å²) in [5, 5.41) is 0. The van der Waals surface area contributed by atoms with Crippen LogP contribution >= 0.6 is 0 Å². The van der Waals surface area contributed by atoms with Crippen LogP contribution in [0, 0.1) is 6.92 Å². The van der Waals surface area contributed by atoms with Gasteiger partial charge in [0, 0.05) is 25.2 Å². The van der Waals surface area contributed by atoms with Crippen molar-refractivity contribution in [1.82, 2.24) is 4.90 Å². The molecule has 0 bridgehead atoms. The Morgan fingerprint density at radius 1 is 0.756 bits per heavy atom. The minimum atomic E-state index is -0.0480. The highest BCUT2D eigenvalue weighted by atomic mass is 127. The smallest absolute Gasteiger partial charge is 0.258 e. The number of hydrogen-bond donors (Lipinski definition) is 0. The summed E-state index contributed by atoms with van der Waals surface area (Å²) in [4.78, 5) is 15.7. The Morgan fingerprint density at radius 3 is 1.91 bits per heavy atom. The van der Waals surface area contributed by atoms with Crippen molar-refractivity contribution in [3.05, 3.63) is 89.2 Å². The van der Waals surface area contributed by atoms with E-state index in [1.807, 2.05) is 59.2 Å². The van der Waals surface area contributed by atoms with Gasteiger partial charge in [-0.1, -0.05) is 109 Å². The molecule has 1 heterocycles. The van der Waals surface area contributed by atoms with Crippen LogP contribution in [0.15, 0.2) is 67.0 Å². The van der Waals surface area contributed by atoms with E-state index in [1.54, 1.807) is 7.11 Å². The molecule has 0 spiro atoms. The van der Waals surface area contributed by atoms with E-state index in [-0.39, 0.29) is 29.9 Å². The number of carbonyl (C=O) groups excluding carboxylic acids is 1. The van der Waals surface area contributed by atoms with Crippen LogP contribution in [-0.2, 0) is 20.1 Å². The zero-order valence-corrected chi connectivity index (χ0v) is 30.5. The Labute approximate surface area is 290 Å². The fourth-order valence-electron chi connectivity index (χ4n) is 5.68. The Kier molecular flexibility index (Phi) is 19.6. The molecule has 0 aliphatic carbocycles. The third-order valence-corrected chi connectivity index (χ3v) is 8.49. The number of benzene rings is 2. The zero-order chi connectivity index (χ0) is 31.4. The Bertz CT molecular complexity index is 1230. The standard InChI is InChI=1S/C39H57N2O3.HI/c1-5-6-7-8-9-10-11-12-13-14-15-16-17-20-29-44-36-24-23-35(33(2)30-36)32-41(31-34-25-27-40(3)28-26-34)39(42)37-21-18-19-22-38(37)43-4;/h18-19,21-28,30H,5-17,20,29,31-32H2,1-4H3;1H/q+1;/p-1. The normalized spacial score (nSPS) is 10.8. The summed E-state index contributed by atoms with van der Waals surface area (Å²) in [6.45, 7) is 6.15. The van der Waals surface area contributed by atoms with Crippen LogP contribution in [0.2, 0.25) is 0 Å². The Balaban J connectivity index is 0.00000705. The molecular formula is C39H57IN2O3. The van der Waals surface area contributed by atoms with Crippen molar-refractivity contribution in [3.8, 4) is 11.5 Å². The highest BCUT2D eigenvalue weighted by molar-refractivity contribution is 5.96. The van der Waals surface area contributed by atoms with Crippen molar-refractivity contribution in [3.63, 3.8) is 0 Å². The maximum Gasteiger partial charge on any atom is 0.258 e. The molecule has 1 amide bonds. The number of hydrogen-bond acceptors (Lipinski definition) is 3. The van der Waals surface area contributed by atoms with Crippen molar-refractivity contribution in [2.45, 2.75) is 117 Å². The number of methoxy groups -OCH3 is 1. The molecule has 0 atom stereocenters. The molecule has 3 aromatic rings. The van der Waals surface area contributed by atoms with Crippen molar-refractivity contribution >= 4 is 5.91 Å². The van der Waals surface area contributed by atoms with Crippen LogP contribution < -0.4 is 38.0 Å². The average Bonchev–Trinajstić information content (AvgIpc) is 3.04. The predicted molar refractivity (Wildman–Crippen MR) is 181 cm³/mol. The third kappa shape index (κ3) is 14.6. The molecule has 0 N–H and O–H groups in total. The maximum absolute atomic E-state index is 13.8. The summed E-state index contributed by atoms with van der Waals surface area (Å²) in [5.41, 5.74) is 3.89. The lowest BCUT2D eigenvalue weighted by atomic mass is 10.0. The molecule has 0 aliphatic rings. The molecule has 3 rings (SSSR count). The highest BCUT2D eigenvalue weighted by Crippen LogP contribution is 2.24. The van der Waals surface area contributed by atoms with E-state index in [1.165, 1.54) is 83.5 Å². The minimum absolute atomic E-state index is 0. The highest BCUT2D eigenvalue weighted by Gasteiger charge is 2.21. The van der Waals surface area contributed by atoms with Gasteiger partial charge in [-0.15, -0.1) is 0 Å². The molecular weight excluding hydrogens is 671 g/mol. The van der Waals surface area contributed by atoms with Crippen LogP contribution in [-0.4, -0.2) is 24.5 Å². The van der Waals surface area contributed by atoms with E-state index in [0.717, 1.165) is 35.5 Å². The molecule has 0 fully saturated rings. The van der Waals surface area contributed by atoms with Gasteiger partial charge in [0.1, 0.15) is 18.5 Å². The molecule has 0 saturated carbocycles. The maximum atomic E-state index is 13.8.